The molecule has 0 aliphatic rings. The molecule has 124 valence electrons. The lowest BCUT2D eigenvalue weighted by Crippen LogP contribution is -2.26. The maximum absolute atomic E-state index is 13.0. The van der Waals surface area contributed by atoms with Gasteiger partial charge in [0.1, 0.15) is 11.6 Å². The van der Waals surface area contributed by atoms with Crippen LogP contribution in [0.1, 0.15) is 41.6 Å². The number of imidazole rings is 1. The number of carbonyl (C=O) groups is 1. The number of hydrogen-bond donors (Lipinski definition) is 1. The second kappa shape index (κ2) is 6.43. The summed E-state index contributed by atoms with van der Waals surface area (Å²) < 4.78 is 15.0. The van der Waals surface area contributed by atoms with Gasteiger partial charge in [-0.15, -0.1) is 0 Å². The molecule has 2 aromatic carbocycles. The van der Waals surface area contributed by atoms with Crippen molar-refractivity contribution in [3.63, 3.8) is 0 Å². The minimum Gasteiger partial charge on any atom is -0.346 e. The average molecular weight is 325 g/mol. The predicted molar refractivity (Wildman–Crippen MR) is 92.4 cm³/mol. The van der Waals surface area contributed by atoms with Crippen LogP contribution in [0, 0.1) is 5.82 Å². The summed E-state index contributed by atoms with van der Waals surface area (Å²) in [5.74, 6) is 0.532. The third-order valence-corrected chi connectivity index (χ3v) is 4.27. The van der Waals surface area contributed by atoms with Crippen LogP contribution < -0.4 is 5.32 Å². The zero-order valence-corrected chi connectivity index (χ0v) is 14.0. The first-order valence-electron chi connectivity index (χ1n) is 8.01. The van der Waals surface area contributed by atoms with E-state index in [1.807, 2.05) is 24.6 Å². The quantitative estimate of drug-likeness (QED) is 0.794. The van der Waals surface area contributed by atoms with Crippen LogP contribution in [0.3, 0.4) is 0 Å². The fraction of sp³-hybridized carbons (Fsp3) is 0.263. The van der Waals surface area contributed by atoms with E-state index in [1.54, 1.807) is 24.3 Å². The minimum atomic E-state index is -0.287. The van der Waals surface area contributed by atoms with E-state index in [0.29, 0.717) is 5.56 Å². The van der Waals surface area contributed by atoms with Crippen LogP contribution in [0.25, 0.3) is 11.0 Å². The molecule has 0 aliphatic heterocycles. The number of rotatable bonds is 4. The van der Waals surface area contributed by atoms with Crippen LogP contribution in [0.5, 0.6) is 0 Å². The summed E-state index contributed by atoms with van der Waals surface area (Å²) in [6, 6.07) is 11.5. The molecule has 1 heterocycles. The van der Waals surface area contributed by atoms with E-state index in [2.05, 4.69) is 17.2 Å². The molecule has 0 unspecified atom stereocenters. The molecule has 1 N–H and O–H groups in total. The zero-order valence-electron chi connectivity index (χ0n) is 14.0. The van der Waals surface area contributed by atoms with Crippen molar-refractivity contribution in [2.75, 3.05) is 0 Å². The van der Waals surface area contributed by atoms with Crippen molar-refractivity contribution < 1.29 is 9.18 Å². The van der Waals surface area contributed by atoms with Gasteiger partial charge < -0.3 is 9.88 Å². The van der Waals surface area contributed by atoms with E-state index < -0.39 is 0 Å². The Hall–Kier alpha value is -2.69. The number of fused-ring (bicyclic) bond motifs is 1. The molecule has 0 spiro atoms. The smallest absolute Gasteiger partial charge is 0.251 e. The second-order valence-electron chi connectivity index (χ2n) is 5.89. The molecule has 3 rings (SSSR count). The first kappa shape index (κ1) is 16.2. The zero-order chi connectivity index (χ0) is 17.3. The molecule has 1 amide bonds. The summed E-state index contributed by atoms with van der Waals surface area (Å²) in [6.07, 6.45) is 0.842. The van der Waals surface area contributed by atoms with E-state index in [4.69, 9.17) is 0 Å². The number of aromatic nitrogens is 2. The van der Waals surface area contributed by atoms with Crippen molar-refractivity contribution in [1.82, 2.24) is 14.9 Å². The lowest BCUT2D eigenvalue weighted by atomic mass is 10.1. The standard InChI is InChI=1S/C19H20FN3O/c1-4-18-22-16-11-14(7-10-17(16)23(18)3)19(24)21-12(2)13-5-8-15(20)9-6-13/h5-12H,4H2,1-3H3,(H,21,24)/t12-/m1/s1. The third kappa shape index (κ3) is 3.02. The van der Waals surface area contributed by atoms with Crippen molar-refractivity contribution in [2.45, 2.75) is 26.3 Å². The van der Waals surface area contributed by atoms with Gasteiger partial charge in [-0.2, -0.15) is 0 Å². The van der Waals surface area contributed by atoms with Gasteiger partial charge in [0.05, 0.1) is 17.1 Å². The number of aryl methyl sites for hydroxylation is 2. The van der Waals surface area contributed by atoms with Crippen LogP contribution in [-0.2, 0) is 13.5 Å². The van der Waals surface area contributed by atoms with Crippen LogP contribution in [0.2, 0.25) is 0 Å². The van der Waals surface area contributed by atoms with Gasteiger partial charge in [-0.1, -0.05) is 19.1 Å². The van der Waals surface area contributed by atoms with Crippen LogP contribution in [-0.4, -0.2) is 15.5 Å². The highest BCUT2D eigenvalue weighted by molar-refractivity contribution is 5.97. The van der Waals surface area contributed by atoms with Gasteiger partial charge in [0.15, 0.2) is 0 Å². The molecule has 1 aromatic heterocycles. The maximum atomic E-state index is 13.0. The molecule has 0 fully saturated rings. The van der Waals surface area contributed by atoms with E-state index in [9.17, 15) is 9.18 Å². The highest BCUT2D eigenvalue weighted by Crippen LogP contribution is 2.19. The van der Waals surface area contributed by atoms with Crippen molar-refractivity contribution in [3.05, 3.63) is 65.2 Å². The summed E-state index contributed by atoms with van der Waals surface area (Å²) in [7, 11) is 1.98. The van der Waals surface area contributed by atoms with E-state index in [1.165, 1.54) is 12.1 Å². The van der Waals surface area contributed by atoms with Gasteiger partial charge in [-0.3, -0.25) is 4.79 Å². The first-order valence-corrected chi connectivity index (χ1v) is 8.01. The Kier molecular flexibility index (Phi) is 4.34. The number of nitrogens with zero attached hydrogens (tertiary/aromatic N) is 2. The lowest BCUT2D eigenvalue weighted by molar-refractivity contribution is 0.0940. The predicted octanol–water partition coefficient (Wildman–Crippen LogP) is 3.77. The molecule has 24 heavy (non-hydrogen) atoms. The highest BCUT2D eigenvalue weighted by Gasteiger charge is 2.14. The Labute approximate surface area is 140 Å². The van der Waals surface area contributed by atoms with E-state index in [0.717, 1.165) is 28.8 Å². The highest BCUT2D eigenvalue weighted by atomic mass is 19.1. The van der Waals surface area contributed by atoms with Gasteiger partial charge in [-0.25, -0.2) is 9.37 Å². The molecule has 1 atom stereocenters. The Morgan fingerprint density at radius 1 is 1.25 bits per heavy atom. The van der Waals surface area contributed by atoms with Crippen LogP contribution in [0.4, 0.5) is 4.39 Å². The third-order valence-electron chi connectivity index (χ3n) is 4.27. The number of carbonyl (C=O) groups excluding carboxylic acids is 1. The van der Waals surface area contributed by atoms with Crippen LogP contribution in [0.15, 0.2) is 42.5 Å². The Bertz CT molecular complexity index is 884. The van der Waals surface area contributed by atoms with Gasteiger partial charge in [0.2, 0.25) is 0 Å². The molecule has 0 bridgehead atoms. The lowest BCUT2D eigenvalue weighted by Gasteiger charge is -2.14. The largest absolute Gasteiger partial charge is 0.346 e. The summed E-state index contributed by atoms with van der Waals surface area (Å²) in [4.78, 5) is 17.0. The van der Waals surface area contributed by atoms with Gasteiger partial charge in [-0.05, 0) is 42.8 Å². The second-order valence-corrected chi connectivity index (χ2v) is 5.89. The van der Waals surface area contributed by atoms with Gasteiger partial charge in [0.25, 0.3) is 5.91 Å². The molecule has 0 aliphatic carbocycles. The Morgan fingerprint density at radius 2 is 1.96 bits per heavy atom. The Morgan fingerprint density at radius 3 is 2.62 bits per heavy atom. The van der Waals surface area contributed by atoms with Crippen molar-refractivity contribution in [1.29, 1.82) is 0 Å². The number of hydrogen-bond acceptors (Lipinski definition) is 2. The minimum absolute atomic E-state index is 0.169. The molecule has 0 radical (unpaired) electrons. The monoisotopic (exact) mass is 325 g/mol. The molecule has 5 heteroatoms. The first-order chi connectivity index (χ1) is 11.5. The molecule has 3 aromatic rings. The maximum Gasteiger partial charge on any atom is 0.251 e. The normalized spacial score (nSPS) is 12.3. The number of halogens is 1. The molecule has 4 nitrogen and oxygen atoms in total. The molecule has 0 saturated carbocycles. The van der Waals surface area contributed by atoms with Crippen molar-refractivity contribution in [3.8, 4) is 0 Å². The molecular weight excluding hydrogens is 305 g/mol. The number of nitrogens with one attached hydrogen (secondary N) is 1. The fourth-order valence-electron chi connectivity index (χ4n) is 2.82. The number of amides is 1. The van der Waals surface area contributed by atoms with Crippen molar-refractivity contribution >= 4 is 16.9 Å². The van der Waals surface area contributed by atoms with E-state index >= 15 is 0 Å². The fourth-order valence-corrected chi connectivity index (χ4v) is 2.82. The topological polar surface area (TPSA) is 46.9 Å². The summed E-state index contributed by atoms with van der Waals surface area (Å²) in [5.41, 5.74) is 3.25. The number of benzene rings is 2. The Balaban J connectivity index is 1.81. The summed E-state index contributed by atoms with van der Waals surface area (Å²) >= 11 is 0. The van der Waals surface area contributed by atoms with Crippen molar-refractivity contribution in [2.24, 2.45) is 7.05 Å². The summed E-state index contributed by atoms with van der Waals surface area (Å²) in [6.45, 7) is 3.93. The SMILES string of the molecule is CCc1nc2cc(C(=O)N[C@H](C)c3ccc(F)cc3)ccc2n1C. The van der Waals surface area contributed by atoms with Gasteiger partial charge in [0, 0.05) is 19.0 Å². The van der Waals surface area contributed by atoms with Gasteiger partial charge >= 0.3 is 0 Å². The van der Waals surface area contributed by atoms with E-state index in [-0.39, 0.29) is 17.8 Å². The average Bonchev–Trinajstić information content (AvgIpc) is 2.91. The summed E-state index contributed by atoms with van der Waals surface area (Å²) in [5, 5.41) is 2.94. The molecule has 0 saturated heterocycles. The van der Waals surface area contributed by atoms with Crippen LogP contribution >= 0.6 is 0 Å². The molecular formula is C19H20FN3O.